The molecule has 0 spiro atoms. The fraction of sp³-hybridized carbons (Fsp3) is 0.462. The van der Waals surface area contributed by atoms with Gasteiger partial charge < -0.3 is 35.6 Å². The summed E-state index contributed by atoms with van der Waals surface area (Å²) in [5, 5.41) is 3.32. The molecule has 2 aromatic heterocycles. The molecule has 0 aliphatic carbocycles. The minimum Gasteiger partial charge on any atom is -0.433 e. The van der Waals surface area contributed by atoms with Crippen molar-refractivity contribution in [3.63, 3.8) is 0 Å². The van der Waals surface area contributed by atoms with Crippen LogP contribution in [0, 0.1) is 5.92 Å². The summed E-state index contributed by atoms with van der Waals surface area (Å²) in [5.41, 5.74) is 9.93. The standard InChI is InChI=1S/C39H50N8O4/c1-6-25(4)41-23-34(48)46-19-7-9-32(46)35-42-21-30(44-35)28-15-11-26(12-16-28)27-13-17-29(18-14-27)31-22-43-36(45-31)33-10-8-20-47(33)37(49)39(5,24(2)3)51-38(40)50/h11-18,21-22,24-25,32-33,41H,6-10,19-20,23H2,1-5H3,(H2,40,50)(H,42,44)(H,43,45)/t25?,32-,33-,39-/m0/s1. The van der Waals surface area contributed by atoms with Crippen LogP contribution < -0.4 is 11.1 Å². The molecule has 2 aromatic carbocycles. The number of rotatable bonds is 12. The Morgan fingerprint density at radius 3 is 1.78 bits per heavy atom. The van der Waals surface area contributed by atoms with Gasteiger partial charge >= 0.3 is 6.09 Å². The number of aromatic nitrogens is 4. The number of carbonyl (C=O) groups excluding carboxylic acids is 3. The summed E-state index contributed by atoms with van der Waals surface area (Å²) in [7, 11) is 0. The summed E-state index contributed by atoms with van der Waals surface area (Å²) >= 11 is 0. The largest absolute Gasteiger partial charge is 0.433 e. The molecular formula is C39H50N8O4. The van der Waals surface area contributed by atoms with Crippen molar-refractivity contribution in [1.29, 1.82) is 0 Å². The van der Waals surface area contributed by atoms with E-state index in [1.807, 2.05) is 24.9 Å². The zero-order valence-corrected chi connectivity index (χ0v) is 30.2. The molecule has 4 heterocycles. The van der Waals surface area contributed by atoms with E-state index in [9.17, 15) is 14.4 Å². The van der Waals surface area contributed by atoms with Crippen molar-refractivity contribution in [3.8, 4) is 33.6 Å². The van der Waals surface area contributed by atoms with Gasteiger partial charge in [-0.15, -0.1) is 0 Å². The fourth-order valence-corrected chi connectivity index (χ4v) is 7.04. The molecule has 5 N–H and O–H groups in total. The van der Waals surface area contributed by atoms with Gasteiger partial charge in [-0.05, 0) is 68.2 Å². The van der Waals surface area contributed by atoms with E-state index in [2.05, 4.69) is 87.6 Å². The Kier molecular flexibility index (Phi) is 10.6. The van der Waals surface area contributed by atoms with Crippen LogP contribution in [-0.2, 0) is 14.3 Å². The van der Waals surface area contributed by atoms with Crippen molar-refractivity contribution >= 4 is 17.9 Å². The van der Waals surface area contributed by atoms with Crippen molar-refractivity contribution in [3.05, 3.63) is 72.6 Å². The highest BCUT2D eigenvalue weighted by atomic mass is 16.6. The maximum Gasteiger partial charge on any atom is 0.405 e. The summed E-state index contributed by atoms with van der Waals surface area (Å²) in [6, 6.07) is 16.7. The molecule has 270 valence electrons. The van der Waals surface area contributed by atoms with E-state index in [0.717, 1.165) is 78.1 Å². The van der Waals surface area contributed by atoms with Crippen molar-refractivity contribution < 1.29 is 19.1 Å². The highest BCUT2D eigenvalue weighted by Crippen LogP contribution is 2.37. The molecule has 6 rings (SSSR count). The van der Waals surface area contributed by atoms with Crippen LogP contribution >= 0.6 is 0 Å². The van der Waals surface area contributed by atoms with Gasteiger partial charge in [0.15, 0.2) is 5.60 Å². The van der Waals surface area contributed by atoms with Crippen LogP contribution in [0.2, 0.25) is 0 Å². The van der Waals surface area contributed by atoms with Crippen molar-refractivity contribution in [2.24, 2.45) is 11.7 Å². The molecule has 2 aliphatic rings. The molecular weight excluding hydrogens is 644 g/mol. The Morgan fingerprint density at radius 1 is 0.843 bits per heavy atom. The van der Waals surface area contributed by atoms with Gasteiger partial charge in [0.2, 0.25) is 5.91 Å². The van der Waals surface area contributed by atoms with Crippen LogP contribution in [-0.4, -0.2) is 78.9 Å². The van der Waals surface area contributed by atoms with E-state index in [1.54, 1.807) is 18.0 Å². The van der Waals surface area contributed by atoms with E-state index in [-0.39, 0.29) is 29.8 Å². The molecule has 51 heavy (non-hydrogen) atoms. The third-order valence-corrected chi connectivity index (χ3v) is 10.7. The van der Waals surface area contributed by atoms with Crippen molar-refractivity contribution in [2.75, 3.05) is 19.6 Å². The maximum absolute atomic E-state index is 13.6. The second-order valence-electron chi connectivity index (χ2n) is 14.3. The van der Waals surface area contributed by atoms with Crippen LogP contribution in [0.3, 0.4) is 0 Å². The number of ether oxygens (including phenoxy) is 1. The number of primary amides is 1. The molecule has 4 aromatic rings. The number of H-pyrrole nitrogens is 2. The molecule has 0 bridgehead atoms. The minimum absolute atomic E-state index is 0.0307. The highest BCUT2D eigenvalue weighted by molar-refractivity contribution is 5.88. The Labute approximate surface area is 299 Å². The van der Waals surface area contributed by atoms with Gasteiger partial charge in [0.25, 0.3) is 5.91 Å². The molecule has 2 fully saturated rings. The van der Waals surface area contributed by atoms with Gasteiger partial charge in [-0.1, -0.05) is 69.3 Å². The van der Waals surface area contributed by atoms with Crippen LogP contribution in [0.25, 0.3) is 33.6 Å². The molecule has 1 unspecified atom stereocenters. The average Bonchev–Trinajstić information content (AvgIpc) is 3.96. The third-order valence-electron chi connectivity index (χ3n) is 10.7. The Morgan fingerprint density at radius 2 is 1.31 bits per heavy atom. The number of nitrogens with one attached hydrogen (secondary N) is 3. The van der Waals surface area contributed by atoms with Gasteiger partial charge in [-0.3, -0.25) is 9.59 Å². The second kappa shape index (κ2) is 15.1. The quantitative estimate of drug-likeness (QED) is 0.134. The van der Waals surface area contributed by atoms with E-state index >= 15 is 0 Å². The van der Waals surface area contributed by atoms with Crippen LogP contribution in [0.1, 0.15) is 90.5 Å². The summed E-state index contributed by atoms with van der Waals surface area (Å²) in [4.78, 5) is 58.2. The van der Waals surface area contributed by atoms with Crippen molar-refractivity contribution in [2.45, 2.75) is 90.4 Å². The highest BCUT2D eigenvalue weighted by Gasteiger charge is 2.47. The first-order valence-corrected chi connectivity index (χ1v) is 18.1. The van der Waals surface area contributed by atoms with E-state index in [1.165, 1.54) is 0 Å². The lowest BCUT2D eigenvalue weighted by Gasteiger charge is -2.36. The molecule has 4 atom stereocenters. The van der Waals surface area contributed by atoms with Gasteiger partial charge in [0.05, 0.1) is 42.4 Å². The first-order valence-electron chi connectivity index (χ1n) is 18.1. The second-order valence-corrected chi connectivity index (χ2v) is 14.3. The van der Waals surface area contributed by atoms with Crippen molar-refractivity contribution in [1.82, 2.24) is 35.1 Å². The minimum atomic E-state index is -1.36. The maximum atomic E-state index is 13.6. The lowest BCUT2D eigenvalue weighted by Crippen LogP contribution is -2.53. The number of benzene rings is 2. The Hall–Kier alpha value is -4.97. The van der Waals surface area contributed by atoms with Gasteiger partial charge in [0.1, 0.15) is 11.6 Å². The number of carbonyl (C=O) groups is 3. The third kappa shape index (κ3) is 7.56. The number of nitrogens with two attached hydrogens (primary N) is 1. The van der Waals surface area contributed by atoms with E-state index in [4.69, 9.17) is 10.5 Å². The molecule has 2 saturated heterocycles. The van der Waals surface area contributed by atoms with Crippen LogP contribution in [0.5, 0.6) is 0 Å². The van der Waals surface area contributed by atoms with Crippen LogP contribution in [0.4, 0.5) is 4.79 Å². The lowest BCUT2D eigenvalue weighted by molar-refractivity contribution is -0.155. The van der Waals surface area contributed by atoms with Crippen LogP contribution in [0.15, 0.2) is 60.9 Å². The SMILES string of the molecule is CCC(C)NCC(=O)N1CCC[C@H]1c1ncc(-c2ccc(-c3ccc(-c4cnc([C@@H]5CCCN5C(=O)[C@@](C)(OC(N)=O)C(C)C)[nH]4)cc3)cc2)[nH]1. The molecule has 12 heteroatoms. The van der Waals surface area contributed by atoms with E-state index < -0.39 is 11.7 Å². The zero-order valence-electron chi connectivity index (χ0n) is 30.2. The number of hydrogen-bond acceptors (Lipinski definition) is 7. The summed E-state index contributed by atoms with van der Waals surface area (Å²) in [6.45, 7) is 11.2. The predicted molar refractivity (Wildman–Crippen MR) is 196 cm³/mol. The normalized spacial score (nSPS) is 19.3. The number of amides is 3. The topological polar surface area (TPSA) is 162 Å². The molecule has 0 saturated carbocycles. The number of likely N-dealkylation sites (tertiary alicyclic amines) is 2. The van der Waals surface area contributed by atoms with E-state index in [0.29, 0.717) is 25.0 Å². The first-order chi connectivity index (χ1) is 24.5. The monoisotopic (exact) mass is 694 g/mol. The zero-order chi connectivity index (χ0) is 36.3. The Balaban J connectivity index is 1.10. The summed E-state index contributed by atoms with van der Waals surface area (Å²) in [6.07, 6.45) is 7.13. The van der Waals surface area contributed by atoms with Gasteiger partial charge in [-0.25, -0.2) is 14.8 Å². The van der Waals surface area contributed by atoms with Gasteiger partial charge in [-0.2, -0.15) is 0 Å². The number of imidazole rings is 2. The molecule has 3 amide bonds. The number of nitrogens with zero attached hydrogens (tertiary/aromatic N) is 4. The summed E-state index contributed by atoms with van der Waals surface area (Å²) < 4.78 is 5.35. The fourth-order valence-electron chi connectivity index (χ4n) is 7.04. The predicted octanol–water partition coefficient (Wildman–Crippen LogP) is 6.36. The number of hydrogen-bond donors (Lipinski definition) is 4. The van der Waals surface area contributed by atoms with Gasteiger partial charge in [0, 0.05) is 25.0 Å². The molecule has 0 radical (unpaired) electrons. The molecule has 2 aliphatic heterocycles. The molecule has 12 nitrogen and oxygen atoms in total. The summed E-state index contributed by atoms with van der Waals surface area (Å²) in [5.74, 6) is 1.13. The Bertz CT molecular complexity index is 1830. The first kappa shape index (κ1) is 35.8. The number of aromatic amines is 2. The lowest BCUT2D eigenvalue weighted by atomic mass is 9.90. The average molecular weight is 695 g/mol. The smallest absolute Gasteiger partial charge is 0.405 e.